The van der Waals surface area contributed by atoms with E-state index in [9.17, 15) is 9.18 Å². The number of halogens is 1. The first-order chi connectivity index (χ1) is 9.49. The number of benzene rings is 1. The number of hydrogen-bond acceptors (Lipinski definition) is 2. The van der Waals surface area contributed by atoms with E-state index in [2.05, 4.69) is 18.9 Å². The molecule has 1 fully saturated rings. The molecule has 0 radical (unpaired) electrons. The van der Waals surface area contributed by atoms with Crippen molar-refractivity contribution in [2.75, 3.05) is 7.05 Å². The monoisotopic (exact) mass is 279 g/mol. The lowest BCUT2D eigenvalue weighted by atomic mass is 9.85. The fraction of sp³-hybridized carbons (Fsp3) is 0.562. The SMILES string of the molecule is CC1CCCCC1N(C)Cc1ccc(C(=O)O)c(F)c1. The summed E-state index contributed by atoms with van der Waals surface area (Å²) in [6.45, 7) is 2.93. The minimum atomic E-state index is -1.22. The van der Waals surface area contributed by atoms with Gasteiger partial charge in [0.2, 0.25) is 0 Å². The summed E-state index contributed by atoms with van der Waals surface area (Å²) in [5.41, 5.74) is 0.565. The highest BCUT2D eigenvalue weighted by atomic mass is 19.1. The number of aromatic carboxylic acids is 1. The normalized spacial score (nSPS) is 23.0. The zero-order chi connectivity index (χ0) is 14.7. The minimum Gasteiger partial charge on any atom is -0.478 e. The standard InChI is InChI=1S/C16H22FNO2/c1-11-5-3-4-6-15(11)18(2)10-12-7-8-13(16(19)20)14(17)9-12/h7-9,11,15H,3-6,10H2,1-2H3,(H,19,20). The lowest BCUT2D eigenvalue weighted by Gasteiger charge is -2.36. The van der Waals surface area contributed by atoms with E-state index in [-0.39, 0.29) is 5.56 Å². The minimum absolute atomic E-state index is 0.262. The van der Waals surface area contributed by atoms with E-state index >= 15 is 0 Å². The van der Waals surface area contributed by atoms with Crippen LogP contribution in [0, 0.1) is 11.7 Å². The van der Waals surface area contributed by atoms with E-state index in [1.807, 2.05) is 0 Å². The van der Waals surface area contributed by atoms with Gasteiger partial charge in [0.15, 0.2) is 0 Å². The zero-order valence-corrected chi connectivity index (χ0v) is 12.1. The fourth-order valence-electron chi connectivity index (χ4n) is 3.19. The van der Waals surface area contributed by atoms with Crippen LogP contribution >= 0.6 is 0 Å². The van der Waals surface area contributed by atoms with Crippen molar-refractivity contribution in [1.82, 2.24) is 4.90 Å². The third kappa shape index (κ3) is 3.37. The smallest absolute Gasteiger partial charge is 0.338 e. The highest BCUT2D eigenvalue weighted by Gasteiger charge is 2.25. The first-order valence-corrected chi connectivity index (χ1v) is 7.21. The summed E-state index contributed by atoms with van der Waals surface area (Å²) in [6.07, 6.45) is 4.99. The van der Waals surface area contributed by atoms with Gasteiger partial charge in [-0.1, -0.05) is 25.8 Å². The predicted octanol–water partition coefficient (Wildman–Crippen LogP) is 3.53. The molecule has 0 aromatic heterocycles. The van der Waals surface area contributed by atoms with Gasteiger partial charge in [-0.05, 0) is 43.5 Å². The van der Waals surface area contributed by atoms with Gasteiger partial charge >= 0.3 is 5.97 Å². The van der Waals surface area contributed by atoms with Gasteiger partial charge in [0.05, 0.1) is 5.56 Å². The van der Waals surface area contributed by atoms with E-state index in [1.165, 1.54) is 37.8 Å². The van der Waals surface area contributed by atoms with Crippen LogP contribution in [-0.4, -0.2) is 29.1 Å². The van der Waals surface area contributed by atoms with Crippen molar-refractivity contribution in [3.05, 3.63) is 35.1 Å². The van der Waals surface area contributed by atoms with Gasteiger partial charge in [-0.15, -0.1) is 0 Å². The average molecular weight is 279 g/mol. The van der Waals surface area contributed by atoms with E-state index < -0.39 is 11.8 Å². The quantitative estimate of drug-likeness (QED) is 0.916. The molecule has 3 nitrogen and oxygen atoms in total. The summed E-state index contributed by atoms with van der Waals surface area (Å²) < 4.78 is 13.7. The van der Waals surface area contributed by atoms with E-state index in [0.717, 1.165) is 5.56 Å². The lowest BCUT2D eigenvalue weighted by Crippen LogP contribution is -2.38. The summed E-state index contributed by atoms with van der Waals surface area (Å²) in [6, 6.07) is 4.93. The van der Waals surface area contributed by atoms with E-state index in [1.54, 1.807) is 6.07 Å². The Labute approximate surface area is 119 Å². The van der Waals surface area contributed by atoms with Crippen LogP contribution in [0.25, 0.3) is 0 Å². The molecular weight excluding hydrogens is 257 g/mol. The molecule has 1 aromatic rings. The maximum Gasteiger partial charge on any atom is 0.338 e. The van der Waals surface area contributed by atoms with Gasteiger partial charge in [-0.2, -0.15) is 0 Å². The Kier molecular flexibility index (Phi) is 4.76. The highest BCUT2D eigenvalue weighted by Crippen LogP contribution is 2.28. The Morgan fingerprint density at radius 3 is 2.70 bits per heavy atom. The van der Waals surface area contributed by atoms with Gasteiger partial charge in [-0.25, -0.2) is 9.18 Å². The summed E-state index contributed by atoms with van der Waals surface area (Å²) in [5.74, 6) is -1.21. The van der Waals surface area contributed by atoms with Crippen molar-refractivity contribution in [2.24, 2.45) is 5.92 Å². The molecule has 2 atom stereocenters. The van der Waals surface area contributed by atoms with Crippen LogP contribution < -0.4 is 0 Å². The van der Waals surface area contributed by atoms with Crippen molar-refractivity contribution < 1.29 is 14.3 Å². The lowest BCUT2D eigenvalue weighted by molar-refractivity contribution is 0.0692. The highest BCUT2D eigenvalue weighted by molar-refractivity contribution is 5.87. The number of nitrogens with zero attached hydrogens (tertiary/aromatic N) is 1. The molecule has 1 aliphatic carbocycles. The number of carboxylic acids is 1. The Balaban J connectivity index is 2.05. The third-order valence-electron chi connectivity index (χ3n) is 4.33. The first kappa shape index (κ1) is 15.0. The molecule has 20 heavy (non-hydrogen) atoms. The van der Waals surface area contributed by atoms with Crippen LogP contribution in [0.5, 0.6) is 0 Å². The Hall–Kier alpha value is -1.42. The van der Waals surface area contributed by atoms with Crippen molar-refractivity contribution in [3.8, 4) is 0 Å². The van der Waals surface area contributed by atoms with Crippen LogP contribution in [-0.2, 0) is 6.54 Å². The molecule has 1 aromatic carbocycles. The molecule has 0 aliphatic heterocycles. The van der Waals surface area contributed by atoms with Crippen molar-refractivity contribution >= 4 is 5.97 Å². The Morgan fingerprint density at radius 2 is 2.10 bits per heavy atom. The molecule has 1 aliphatic rings. The first-order valence-electron chi connectivity index (χ1n) is 7.21. The molecule has 0 heterocycles. The summed E-state index contributed by atoms with van der Waals surface area (Å²) in [5, 5.41) is 8.83. The molecule has 2 unspecified atom stereocenters. The third-order valence-corrected chi connectivity index (χ3v) is 4.33. The summed E-state index contributed by atoms with van der Waals surface area (Å²) >= 11 is 0. The largest absolute Gasteiger partial charge is 0.478 e. The second kappa shape index (κ2) is 6.35. The van der Waals surface area contributed by atoms with Crippen LogP contribution in [0.2, 0.25) is 0 Å². The van der Waals surface area contributed by atoms with Crippen molar-refractivity contribution in [2.45, 2.75) is 45.2 Å². The number of carboxylic acid groups (broad SMARTS) is 1. The second-order valence-corrected chi connectivity index (χ2v) is 5.86. The van der Waals surface area contributed by atoms with Crippen LogP contribution in [0.15, 0.2) is 18.2 Å². The van der Waals surface area contributed by atoms with Gasteiger partial charge in [0, 0.05) is 12.6 Å². The number of rotatable bonds is 4. The average Bonchev–Trinajstić information content (AvgIpc) is 2.38. The summed E-state index contributed by atoms with van der Waals surface area (Å²) in [4.78, 5) is 13.1. The second-order valence-electron chi connectivity index (χ2n) is 5.86. The van der Waals surface area contributed by atoms with Crippen LogP contribution in [0.3, 0.4) is 0 Å². The Morgan fingerprint density at radius 1 is 1.40 bits per heavy atom. The molecule has 1 N–H and O–H groups in total. The van der Waals surface area contributed by atoms with E-state index in [0.29, 0.717) is 18.5 Å². The number of carbonyl (C=O) groups is 1. The van der Waals surface area contributed by atoms with Crippen LogP contribution in [0.1, 0.15) is 48.5 Å². The molecule has 0 spiro atoms. The molecule has 2 rings (SSSR count). The molecule has 4 heteroatoms. The Bertz CT molecular complexity index is 489. The van der Waals surface area contributed by atoms with Gasteiger partial charge < -0.3 is 5.11 Å². The topological polar surface area (TPSA) is 40.5 Å². The molecule has 0 saturated heterocycles. The molecule has 0 amide bonds. The molecule has 0 bridgehead atoms. The van der Waals surface area contributed by atoms with Crippen molar-refractivity contribution in [3.63, 3.8) is 0 Å². The molecule has 110 valence electrons. The van der Waals surface area contributed by atoms with Gasteiger partial charge in [-0.3, -0.25) is 4.90 Å². The predicted molar refractivity (Wildman–Crippen MR) is 76.2 cm³/mol. The summed E-state index contributed by atoms with van der Waals surface area (Å²) in [7, 11) is 2.06. The van der Waals surface area contributed by atoms with Crippen LogP contribution in [0.4, 0.5) is 4.39 Å². The maximum atomic E-state index is 13.7. The molecule has 1 saturated carbocycles. The van der Waals surface area contributed by atoms with Gasteiger partial charge in [0.1, 0.15) is 5.82 Å². The molecular formula is C16H22FNO2. The van der Waals surface area contributed by atoms with Crippen molar-refractivity contribution in [1.29, 1.82) is 0 Å². The zero-order valence-electron chi connectivity index (χ0n) is 12.1. The fourth-order valence-corrected chi connectivity index (χ4v) is 3.19. The van der Waals surface area contributed by atoms with E-state index in [4.69, 9.17) is 5.11 Å². The number of hydrogen-bond donors (Lipinski definition) is 1. The van der Waals surface area contributed by atoms with Gasteiger partial charge in [0.25, 0.3) is 0 Å². The maximum absolute atomic E-state index is 13.7.